The summed E-state index contributed by atoms with van der Waals surface area (Å²) in [6.45, 7) is 3.23. The van der Waals surface area contributed by atoms with Gasteiger partial charge in [0.15, 0.2) is 5.78 Å². The molecule has 0 spiro atoms. The molecule has 1 amide bonds. The summed E-state index contributed by atoms with van der Waals surface area (Å²) < 4.78 is 10.8. The number of Topliss-reactive ketones (excluding diaryl/α,β-unsaturated/α-hetero) is 1. The predicted octanol–water partition coefficient (Wildman–Crippen LogP) is 3.87. The number of anilines is 1. The fourth-order valence-electron chi connectivity index (χ4n) is 3.87. The Morgan fingerprint density at radius 2 is 1.68 bits per heavy atom. The number of ketones is 1. The monoisotopic (exact) mass is 463 g/mol. The van der Waals surface area contributed by atoms with E-state index in [9.17, 15) is 9.59 Å². The number of nitrogens with two attached hydrogens (primary N) is 1. The van der Waals surface area contributed by atoms with E-state index in [1.807, 2.05) is 66.5 Å². The van der Waals surface area contributed by atoms with E-state index in [4.69, 9.17) is 15.2 Å². The molecule has 3 aromatic rings. The summed E-state index contributed by atoms with van der Waals surface area (Å²) in [6, 6.07) is 17.2. The van der Waals surface area contributed by atoms with Crippen LogP contribution in [0.5, 0.6) is 11.5 Å². The average molecular weight is 464 g/mol. The van der Waals surface area contributed by atoms with E-state index in [1.54, 1.807) is 26.0 Å². The first-order chi connectivity index (χ1) is 16.4. The van der Waals surface area contributed by atoms with Crippen molar-refractivity contribution >= 4 is 28.2 Å². The number of hydrogen-bond donors (Lipinski definition) is 1. The number of likely N-dealkylation sites (N-methyl/N-ethyl adjacent to an activating group) is 1. The Hall–Kier alpha value is -3.58. The molecule has 3 aromatic carbocycles. The van der Waals surface area contributed by atoms with E-state index in [-0.39, 0.29) is 18.2 Å². The number of methoxy groups -OCH3 is 2. The minimum absolute atomic E-state index is 0.00662. The van der Waals surface area contributed by atoms with Crippen molar-refractivity contribution in [3.05, 3.63) is 65.7 Å². The van der Waals surface area contributed by atoms with Crippen LogP contribution in [0.25, 0.3) is 10.8 Å². The van der Waals surface area contributed by atoms with Crippen LogP contribution in [0.4, 0.5) is 5.69 Å². The molecule has 0 aliphatic carbocycles. The number of fused-ring (bicyclic) bond motifs is 1. The molecular formula is C27H33N3O4. The molecule has 0 unspecified atom stereocenters. The molecule has 0 aromatic heterocycles. The largest absolute Gasteiger partial charge is 0.497 e. The second kappa shape index (κ2) is 11.5. The lowest BCUT2D eigenvalue weighted by molar-refractivity contribution is -0.130. The zero-order chi connectivity index (χ0) is 24.7. The highest BCUT2D eigenvalue weighted by molar-refractivity contribution is 5.99. The lowest BCUT2D eigenvalue weighted by Gasteiger charge is -2.27. The van der Waals surface area contributed by atoms with Crippen molar-refractivity contribution in [2.75, 3.05) is 45.8 Å². The minimum atomic E-state index is -0.00662. The van der Waals surface area contributed by atoms with Gasteiger partial charge in [0.25, 0.3) is 0 Å². The minimum Gasteiger partial charge on any atom is -0.497 e. The van der Waals surface area contributed by atoms with E-state index in [0.717, 1.165) is 22.0 Å². The van der Waals surface area contributed by atoms with Gasteiger partial charge in [0.2, 0.25) is 5.91 Å². The molecule has 7 heteroatoms. The highest BCUT2D eigenvalue weighted by atomic mass is 16.5. The lowest BCUT2D eigenvalue weighted by atomic mass is 10.0. The molecular weight excluding hydrogens is 430 g/mol. The van der Waals surface area contributed by atoms with E-state index in [2.05, 4.69) is 0 Å². The molecule has 7 nitrogen and oxygen atoms in total. The fraction of sp³-hybridized carbons (Fsp3) is 0.333. The molecule has 3 rings (SSSR count). The Bertz CT molecular complexity index is 1160. The third-order valence-electron chi connectivity index (χ3n) is 5.88. The van der Waals surface area contributed by atoms with Gasteiger partial charge in [-0.25, -0.2) is 0 Å². The third kappa shape index (κ3) is 6.05. The topological polar surface area (TPSA) is 85.1 Å². The summed E-state index contributed by atoms with van der Waals surface area (Å²) in [7, 11) is 5.13. The van der Waals surface area contributed by atoms with Crippen LogP contribution in [-0.4, -0.2) is 57.5 Å². The van der Waals surface area contributed by atoms with Gasteiger partial charge in [-0.15, -0.1) is 0 Å². The first-order valence-corrected chi connectivity index (χ1v) is 11.3. The summed E-state index contributed by atoms with van der Waals surface area (Å²) in [4.78, 5) is 28.7. The second-order valence-corrected chi connectivity index (χ2v) is 8.29. The van der Waals surface area contributed by atoms with Crippen molar-refractivity contribution < 1.29 is 19.1 Å². The van der Waals surface area contributed by atoms with Gasteiger partial charge in [-0.2, -0.15) is 0 Å². The molecule has 34 heavy (non-hydrogen) atoms. The van der Waals surface area contributed by atoms with Crippen molar-refractivity contribution in [2.24, 2.45) is 5.73 Å². The van der Waals surface area contributed by atoms with Crippen LogP contribution in [0.1, 0.15) is 29.3 Å². The summed E-state index contributed by atoms with van der Waals surface area (Å²) >= 11 is 0. The molecule has 2 N–H and O–H groups in total. The molecule has 0 aliphatic heterocycles. The summed E-state index contributed by atoms with van der Waals surface area (Å²) in [5.74, 6) is 1.45. The molecule has 0 fully saturated rings. The normalized spacial score (nSPS) is 10.7. The van der Waals surface area contributed by atoms with Crippen LogP contribution in [0.2, 0.25) is 0 Å². The summed E-state index contributed by atoms with van der Waals surface area (Å²) in [5, 5.41) is 2.01. The number of nitrogens with zero attached hydrogens (tertiary/aromatic N) is 2. The fourth-order valence-corrected chi connectivity index (χ4v) is 3.87. The maximum atomic E-state index is 13.3. The molecule has 0 saturated heterocycles. The maximum Gasteiger partial charge on any atom is 0.242 e. The molecule has 0 bridgehead atoms. The second-order valence-electron chi connectivity index (χ2n) is 8.29. The molecule has 0 heterocycles. The van der Waals surface area contributed by atoms with E-state index < -0.39 is 0 Å². The van der Waals surface area contributed by atoms with Gasteiger partial charge in [-0.3, -0.25) is 9.59 Å². The Balaban J connectivity index is 1.78. The summed E-state index contributed by atoms with van der Waals surface area (Å²) in [5.41, 5.74) is 8.22. The van der Waals surface area contributed by atoms with Gasteiger partial charge in [0.05, 0.1) is 20.8 Å². The van der Waals surface area contributed by atoms with E-state index in [0.29, 0.717) is 43.1 Å². The van der Waals surface area contributed by atoms with Crippen molar-refractivity contribution in [3.8, 4) is 11.5 Å². The Kier molecular flexibility index (Phi) is 8.49. The van der Waals surface area contributed by atoms with E-state index in [1.165, 1.54) is 0 Å². The standard InChI is InChI=1S/C27H33N3O4/c1-19(31)20-6-7-22-15-24(9-8-21(22)14-20)29(2)18-27(32)30(13-5-12-28)17-23-16-25(33-3)10-11-26(23)34-4/h6-11,14-16H,5,12-13,17-18,28H2,1-4H3. The van der Waals surface area contributed by atoms with Crippen molar-refractivity contribution in [2.45, 2.75) is 19.9 Å². The number of carbonyl (C=O) groups is 2. The van der Waals surface area contributed by atoms with Gasteiger partial charge in [0, 0.05) is 37.0 Å². The quantitative estimate of drug-likeness (QED) is 0.435. The Morgan fingerprint density at radius 1 is 0.941 bits per heavy atom. The molecule has 0 aliphatic rings. The Labute approximate surface area is 201 Å². The number of carbonyl (C=O) groups excluding carboxylic acids is 2. The Morgan fingerprint density at radius 3 is 2.35 bits per heavy atom. The summed E-state index contributed by atoms with van der Waals surface area (Å²) in [6.07, 6.45) is 0.705. The van der Waals surface area contributed by atoms with Crippen LogP contribution in [0, 0.1) is 0 Å². The van der Waals surface area contributed by atoms with Crippen LogP contribution >= 0.6 is 0 Å². The smallest absolute Gasteiger partial charge is 0.242 e. The number of hydrogen-bond acceptors (Lipinski definition) is 6. The first kappa shape index (κ1) is 25.1. The number of rotatable bonds is 11. The maximum absolute atomic E-state index is 13.3. The number of benzene rings is 3. The number of ether oxygens (including phenoxy) is 2. The highest BCUT2D eigenvalue weighted by Gasteiger charge is 2.19. The van der Waals surface area contributed by atoms with Gasteiger partial charge >= 0.3 is 0 Å². The molecule has 0 saturated carbocycles. The highest BCUT2D eigenvalue weighted by Crippen LogP contribution is 2.26. The van der Waals surface area contributed by atoms with Crippen LogP contribution in [0.3, 0.4) is 0 Å². The molecule has 180 valence electrons. The van der Waals surface area contributed by atoms with Crippen molar-refractivity contribution in [3.63, 3.8) is 0 Å². The van der Waals surface area contributed by atoms with Gasteiger partial charge < -0.3 is 25.0 Å². The van der Waals surface area contributed by atoms with Crippen molar-refractivity contribution in [1.29, 1.82) is 0 Å². The first-order valence-electron chi connectivity index (χ1n) is 11.3. The zero-order valence-corrected chi connectivity index (χ0v) is 20.3. The van der Waals surface area contributed by atoms with Crippen LogP contribution in [0.15, 0.2) is 54.6 Å². The van der Waals surface area contributed by atoms with Crippen molar-refractivity contribution in [1.82, 2.24) is 4.90 Å². The molecule has 0 radical (unpaired) electrons. The van der Waals surface area contributed by atoms with Gasteiger partial charge in [-0.1, -0.05) is 18.2 Å². The van der Waals surface area contributed by atoms with Crippen LogP contribution < -0.4 is 20.1 Å². The predicted molar refractivity (Wildman–Crippen MR) is 136 cm³/mol. The third-order valence-corrected chi connectivity index (χ3v) is 5.88. The number of amides is 1. The van der Waals surface area contributed by atoms with Gasteiger partial charge in [0.1, 0.15) is 11.5 Å². The molecule has 0 atom stereocenters. The van der Waals surface area contributed by atoms with Gasteiger partial charge in [-0.05, 0) is 67.1 Å². The SMILES string of the molecule is COc1ccc(OC)c(CN(CCCN)C(=O)CN(C)c2ccc3cc(C(C)=O)ccc3c2)c1. The van der Waals surface area contributed by atoms with E-state index >= 15 is 0 Å². The van der Waals surface area contributed by atoms with Crippen LogP contribution in [-0.2, 0) is 11.3 Å². The lowest BCUT2D eigenvalue weighted by Crippen LogP contribution is -2.39. The zero-order valence-electron chi connectivity index (χ0n) is 20.3. The average Bonchev–Trinajstić information content (AvgIpc) is 2.85.